The second-order valence-corrected chi connectivity index (χ2v) is 10.6. The molecule has 1 N–H and O–H groups in total. The molecule has 0 spiro atoms. The van der Waals surface area contributed by atoms with Crippen molar-refractivity contribution in [1.29, 1.82) is 0 Å². The van der Waals surface area contributed by atoms with Gasteiger partial charge in [0.1, 0.15) is 5.82 Å². The largest absolute Gasteiger partial charge is 0.352 e. The van der Waals surface area contributed by atoms with Gasteiger partial charge in [-0.1, -0.05) is 23.1 Å². The number of carbonyl (C=O) groups excluding carboxylic acids is 1. The summed E-state index contributed by atoms with van der Waals surface area (Å²) in [4.78, 5) is 12.0. The summed E-state index contributed by atoms with van der Waals surface area (Å²) in [6.07, 6.45) is 0.455. The number of amides is 1. The maximum atomic E-state index is 13.0. The molecule has 134 valence electrons. The first-order valence-electron chi connectivity index (χ1n) is 7.31. The van der Waals surface area contributed by atoms with E-state index in [1.54, 1.807) is 12.1 Å². The van der Waals surface area contributed by atoms with Crippen LogP contribution in [-0.2, 0) is 14.6 Å². The highest BCUT2D eigenvalue weighted by Crippen LogP contribution is 2.24. The van der Waals surface area contributed by atoms with Crippen molar-refractivity contribution in [2.75, 3.05) is 17.3 Å². The van der Waals surface area contributed by atoms with Crippen molar-refractivity contribution in [2.24, 2.45) is 0 Å². The third-order valence-electron chi connectivity index (χ3n) is 3.52. The van der Waals surface area contributed by atoms with Crippen molar-refractivity contribution in [1.82, 2.24) is 15.1 Å². The van der Waals surface area contributed by atoms with Crippen LogP contribution in [0.4, 0.5) is 4.39 Å². The highest BCUT2D eigenvalue weighted by Gasteiger charge is 2.28. The minimum absolute atomic E-state index is 0.00152. The molecular weight excluding hydrogens is 405 g/mol. The molecule has 11 heteroatoms. The number of hydrogen-bond acceptors (Lipinski definition) is 7. The Balaban J connectivity index is 1.59. The van der Waals surface area contributed by atoms with E-state index in [0.29, 0.717) is 20.4 Å². The zero-order valence-corrected chi connectivity index (χ0v) is 16.1. The summed E-state index contributed by atoms with van der Waals surface area (Å²) >= 11 is 7.74. The van der Waals surface area contributed by atoms with E-state index >= 15 is 0 Å². The van der Waals surface area contributed by atoms with Crippen molar-refractivity contribution < 1.29 is 17.6 Å². The Kier molecular flexibility index (Phi) is 5.56. The van der Waals surface area contributed by atoms with Crippen molar-refractivity contribution in [2.45, 2.75) is 16.8 Å². The van der Waals surface area contributed by atoms with Gasteiger partial charge in [0.2, 0.25) is 5.91 Å². The number of nitrogens with zero attached hydrogens (tertiary/aromatic N) is 2. The van der Waals surface area contributed by atoms with Gasteiger partial charge in [0, 0.05) is 6.04 Å². The molecule has 0 bridgehead atoms. The molecule has 0 radical (unpaired) electrons. The van der Waals surface area contributed by atoms with Gasteiger partial charge in [-0.25, -0.2) is 17.5 Å². The average Bonchev–Trinajstić information content (AvgIpc) is 3.08. The molecule has 1 fully saturated rings. The molecule has 6 nitrogen and oxygen atoms in total. The van der Waals surface area contributed by atoms with Crippen LogP contribution in [0.15, 0.2) is 28.6 Å². The van der Waals surface area contributed by atoms with Crippen LogP contribution in [-0.4, -0.2) is 47.4 Å². The van der Waals surface area contributed by atoms with E-state index < -0.39 is 9.84 Å². The van der Waals surface area contributed by atoms with E-state index in [2.05, 4.69) is 10.4 Å². The van der Waals surface area contributed by atoms with Gasteiger partial charge in [0.05, 0.1) is 22.9 Å². The van der Waals surface area contributed by atoms with Gasteiger partial charge < -0.3 is 5.32 Å². The van der Waals surface area contributed by atoms with E-state index in [9.17, 15) is 17.6 Å². The smallest absolute Gasteiger partial charge is 0.230 e. The Bertz CT molecular complexity index is 937. The molecule has 0 saturated carbocycles. The molecule has 1 aromatic carbocycles. The van der Waals surface area contributed by atoms with Gasteiger partial charge in [-0.05, 0) is 42.9 Å². The molecule has 25 heavy (non-hydrogen) atoms. The maximum Gasteiger partial charge on any atom is 0.230 e. The van der Waals surface area contributed by atoms with Crippen LogP contribution in [0.1, 0.15) is 6.42 Å². The monoisotopic (exact) mass is 419 g/mol. The maximum absolute atomic E-state index is 13.0. The third kappa shape index (κ3) is 4.87. The molecule has 2 heterocycles. The van der Waals surface area contributed by atoms with Crippen LogP contribution < -0.4 is 5.32 Å². The Hall–Kier alpha value is -1.30. The molecule has 0 aliphatic carbocycles. The predicted molar refractivity (Wildman–Crippen MR) is 98.2 cm³/mol. The molecular formula is C14H14FN3O3S4. The fourth-order valence-electron chi connectivity index (χ4n) is 2.37. The first-order valence-corrected chi connectivity index (χ1v) is 11.3. The number of rotatable bonds is 5. The quantitative estimate of drug-likeness (QED) is 0.591. The first-order chi connectivity index (χ1) is 11.8. The summed E-state index contributed by atoms with van der Waals surface area (Å²) in [5, 5.41) is 7.06. The molecule has 1 amide bonds. The lowest BCUT2D eigenvalue weighted by Gasteiger charge is -2.09. The summed E-state index contributed by atoms with van der Waals surface area (Å²) < 4.78 is 38.4. The van der Waals surface area contributed by atoms with Gasteiger partial charge in [-0.15, -0.1) is 5.10 Å². The number of hydrogen-bond donors (Lipinski definition) is 1. The molecule has 0 unspecified atom stereocenters. The van der Waals surface area contributed by atoms with Gasteiger partial charge in [-0.2, -0.15) is 0 Å². The molecule has 1 aliphatic heterocycles. The van der Waals surface area contributed by atoms with Crippen molar-refractivity contribution >= 4 is 51.1 Å². The average molecular weight is 420 g/mol. The molecule has 1 saturated heterocycles. The van der Waals surface area contributed by atoms with E-state index in [4.69, 9.17) is 12.2 Å². The lowest BCUT2D eigenvalue weighted by atomic mass is 10.3. The van der Waals surface area contributed by atoms with Gasteiger partial charge >= 0.3 is 0 Å². The van der Waals surface area contributed by atoms with Crippen molar-refractivity contribution in [3.63, 3.8) is 0 Å². The zero-order valence-electron chi connectivity index (χ0n) is 12.8. The Morgan fingerprint density at radius 3 is 2.80 bits per heavy atom. The fraction of sp³-hybridized carbons (Fsp3) is 0.357. The van der Waals surface area contributed by atoms with E-state index in [0.717, 1.165) is 0 Å². The normalized spacial score (nSPS) is 19.0. The SMILES string of the molecule is O=C(CSc1nn(-c2ccc(F)cc2)c(=S)s1)N[C@H]1CCS(=O)(=O)C1. The number of aromatic nitrogens is 2. The van der Waals surface area contributed by atoms with Crippen LogP contribution in [0.5, 0.6) is 0 Å². The third-order valence-corrected chi connectivity index (χ3v) is 7.66. The molecule has 3 rings (SSSR count). The molecule has 1 aromatic heterocycles. The Morgan fingerprint density at radius 2 is 2.16 bits per heavy atom. The minimum Gasteiger partial charge on any atom is -0.352 e. The van der Waals surface area contributed by atoms with Gasteiger partial charge in [0.15, 0.2) is 18.1 Å². The van der Waals surface area contributed by atoms with Crippen LogP contribution in [0, 0.1) is 9.77 Å². The lowest BCUT2D eigenvalue weighted by molar-refractivity contribution is -0.119. The van der Waals surface area contributed by atoms with Gasteiger partial charge in [-0.3, -0.25) is 4.79 Å². The highest BCUT2D eigenvalue weighted by atomic mass is 32.2. The van der Waals surface area contributed by atoms with Gasteiger partial charge in [0.25, 0.3) is 0 Å². The summed E-state index contributed by atoms with van der Waals surface area (Å²) in [5.74, 6) is -0.328. The molecule has 1 atom stereocenters. The topological polar surface area (TPSA) is 81.1 Å². The molecule has 1 aliphatic rings. The number of sulfone groups is 1. The van der Waals surface area contributed by atoms with E-state index in [1.165, 1.54) is 39.9 Å². The summed E-state index contributed by atoms with van der Waals surface area (Å²) in [7, 11) is -3.02. The standard InChI is InChI=1S/C14H14FN3O3S4/c15-9-1-3-11(4-2-9)18-14(22)24-13(17-18)23-7-12(19)16-10-5-6-25(20,21)8-10/h1-4,10H,5-8H2,(H,16,19)/t10-/m0/s1. The number of thioether (sulfide) groups is 1. The number of nitrogens with one attached hydrogen (secondary N) is 1. The predicted octanol–water partition coefficient (Wildman–Crippen LogP) is 2.20. The van der Waals surface area contributed by atoms with Crippen LogP contribution >= 0.6 is 35.3 Å². The second kappa shape index (κ2) is 7.52. The van der Waals surface area contributed by atoms with Crippen molar-refractivity contribution in [3.05, 3.63) is 34.0 Å². The van der Waals surface area contributed by atoms with Crippen LogP contribution in [0.2, 0.25) is 0 Å². The number of benzene rings is 1. The van der Waals surface area contributed by atoms with Crippen LogP contribution in [0.25, 0.3) is 5.69 Å². The Labute approximate surface area is 157 Å². The lowest BCUT2D eigenvalue weighted by Crippen LogP contribution is -2.36. The number of halogens is 1. The van der Waals surface area contributed by atoms with E-state index in [-0.39, 0.29) is 35.0 Å². The zero-order chi connectivity index (χ0) is 18.0. The van der Waals surface area contributed by atoms with Crippen molar-refractivity contribution in [3.8, 4) is 5.69 Å². The Morgan fingerprint density at radius 1 is 1.44 bits per heavy atom. The minimum atomic E-state index is -3.02. The summed E-state index contributed by atoms with van der Waals surface area (Å²) in [6, 6.07) is 5.49. The first kappa shape index (κ1) is 18.5. The highest BCUT2D eigenvalue weighted by molar-refractivity contribution is 8.01. The van der Waals surface area contributed by atoms with E-state index in [1.807, 2.05) is 0 Å². The summed E-state index contributed by atoms with van der Waals surface area (Å²) in [6.45, 7) is 0. The van der Waals surface area contributed by atoms with Crippen LogP contribution in [0.3, 0.4) is 0 Å². The second-order valence-electron chi connectivity index (χ2n) is 5.48. The fourth-order valence-corrected chi connectivity index (χ4v) is 6.22. The number of carbonyl (C=O) groups is 1. The summed E-state index contributed by atoms with van der Waals surface area (Å²) in [5.41, 5.74) is 0.648. The molecule has 2 aromatic rings.